The minimum Gasteiger partial charge on any atom is -0.0622 e. The molecule has 0 N–H and O–H groups in total. The van der Waals surface area contributed by atoms with Crippen LogP contribution in [0.4, 0.5) is 0 Å². The second-order valence-electron chi connectivity index (χ2n) is 6.95. The van der Waals surface area contributed by atoms with Gasteiger partial charge in [0.25, 0.3) is 0 Å². The molecule has 0 saturated carbocycles. The van der Waals surface area contributed by atoms with Gasteiger partial charge in [-0.1, -0.05) is 103 Å². The van der Waals surface area contributed by atoms with E-state index in [1.165, 1.54) is 33.4 Å². The molecule has 0 nitrogen and oxygen atoms in total. The summed E-state index contributed by atoms with van der Waals surface area (Å²) in [7, 11) is 0. The van der Waals surface area contributed by atoms with Crippen molar-refractivity contribution in [2.24, 2.45) is 0 Å². The van der Waals surface area contributed by atoms with Crippen LogP contribution >= 0.6 is 0 Å². The van der Waals surface area contributed by atoms with Crippen LogP contribution in [0.15, 0.2) is 103 Å². The average molecular weight is 347 g/mol. The van der Waals surface area contributed by atoms with E-state index in [4.69, 9.17) is 0 Å². The van der Waals surface area contributed by atoms with Crippen LogP contribution < -0.4 is 0 Å². The van der Waals surface area contributed by atoms with Crippen LogP contribution in [0.2, 0.25) is 0 Å². The molecule has 4 aromatic rings. The van der Waals surface area contributed by atoms with Crippen LogP contribution in [0, 0.1) is 6.07 Å². The minimum atomic E-state index is 0.922. The Hall–Kier alpha value is -3.12. The summed E-state index contributed by atoms with van der Waals surface area (Å²) in [5.74, 6) is 0. The summed E-state index contributed by atoms with van der Waals surface area (Å²) in [5, 5.41) is 0. The largest absolute Gasteiger partial charge is 0.0622 e. The van der Waals surface area contributed by atoms with Crippen molar-refractivity contribution < 1.29 is 0 Å². The molecule has 1 radical (unpaired) electrons. The zero-order chi connectivity index (χ0) is 18.3. The molecule has 131 valence electrons. The second-order valence-corrected chi connectivity index (χ2v) is 6.95. The van der Waals surface area contributed by atoms with E-state index in [0.29, 0.717) is 0 Å². The highest BCUT2D eigenvalue weighted by Crippen LogP contribution is 2.24. The number of benzene rings is 4. The maximum Gasteiger partial charge on any atom is -0.00167 e. The van der Waals surface area contributed by atoms with E-state index in [2.05, 4.69) is 109 Å². The summed E-state index contributed by atoms with van der Waals surface area (Å²) >= 11 is 0. The molecule has 27 heavy (non-hydrogen) atoms. The van der Waals surface area contributed by atoms with Crippen LogP contribution in [-0.4, -0.2) is 0 Å². The smallest absolute Gasteiger partial charge is 0.00167 e. The molecule has 0 unspecified atom stereocenters. The van der Waals surface area contributed by atoms with Crippen molar-refractivity contribution in [1.82, 2.24) is 0 Å². The molecule has 0 fully saturated rings. The van der Waals surface area contributed by atoms with E-state index < -0.39 is 0 Å². The Balaban J connectivity index is 1.72. The predicted octanol–water partition coefficient (Wildman–Crippen LogP) is 6.26. The molecule has 0 bridgehead atoms. The average Bonchev–Trinajstić information content (AvgIpc) is 2.73. The molecule has 0 saturated heterocycles. The van der Waals surface area contributed by atoms with Crippen molar-refractivity contribution in [2.75, 3.05) is 0 Å². The SMILES string of the molecule is [c]1ccc(Cc2ccccc2)c(Cc2ccccc2)c1Cc1ccccc1. The number of hydrogen-bond donors (Lipinski definition) is 0. The zero-order valence-corrected chi connectivity index (χ0v) is 15.4. The van der Waals surface area contributed by atoms with Gasteiger partial charge in [-0.05, 0) is 58.7 Å². The van der Waals surface area contributed by atoms with Crippen molar-refractivity contribution in [3.05, 3.63) is 143 Å². The first-order chi connectivity index (χ1) is 13.4. The summed E-state index contributed by atoms with van der Waals surface area (Å²) in [6.45, 7) is 0. The highest BCUT2D eigenvalue weighted by atomic mass is 14.2. The van der Waals surface area contributed by atoms with Crippen LogP contribution in [0.1, 0.15) is 33.4 Å². The van der Waals surface area contributed by atoms with E-state index in [9.17, 15) is 0 Å². The third-order valence-electron chi connectivity index (χ3n) is 4.98. The topological polar surface area (TPSA) is 0 Å². The van der Waals surface area contributed by atoms with Gasteiger partial charge in [-0.25, -0.2) is 0 Å². The van der Waals surface area contributed by atoms with Gasteiger partial charge in [0, 0.05) is 0 Å². The van der Waals surface area contributed by atoms with Crippen LogP contribution in [0.25, 0.3) is 0 Å². The Morgan fingerprint density at radius 2 is 0.963 bits per heavy atom. The lowest BCUT2D eigenvalue weighted by Crippen LogP contribution is -2.03. The first kappa shape index (κ1) is 17.3. The van der Waals surface area contributed by atoms with Gasteiger partial charge < -0.3 is 0 Å². The van der Waals surface area contributed by atoms with E-state index in [1.807, 2.05) is 0 Å². The lowest BCUT2D eigenvalue weighted by molar-refractivity contribution is 1.03. The van der Waals surface area contributed by atoms with Crippen LogP contribution in [-0.2, 0) is 19.3 Å². The Bertz CT molecular complexity index is 910. The molecule has 0 spiro atoms. The van der Waals surface area contributed by atoms with E-state index >= 15 is 0 Å². The maximum absolute atomic E-state index is 3.53. The third-order valence-corrected chi connectivity index (χ3v) is 4.98. The fourth-order valence-electron chi connectivity index (χ4n) is 3.58. The first-order valence-electron chi connectivity index (χ1n) is 9.51. The van der Waals surface area contributed by atoms with Crippen LogP contribution in [0.5, 0.6) is 0 Å². The Labute approximate surface area is 162 Å². The van der Waals surface area contributed by atoms with Gasteiger partial charge in [-0.3, -0.25) is 0 Å². The highest BCUT2D eigenvalue weighted by molar-refractivity contribution is 5.43. The summed E-state index contributed by atoms with van der Waals surface area (Å²) in [6, 6.07) is 40.0. The number of rotatable bonds is 6. The highest BCUT2D eigenvalue weighted by Gasteiger charge is 2.11. The van der Waals surface area contributed by atoms with Gasteiger partial charge >= 0.3 is 0 Å². The fourth-order valence-corrected chi connectivity index (χ4v) is 3.58. The summed E-state index contributed by atoms with van der Waals surface area (Å²) < 4.78 is 0. The van der Waals surface area contributed by atoms with Gasteiger partial charge in [-0.2, -0.15) is 0 Å². The molecule has 4 rings (SSSR count). The summed E-state index contributed by atoms with van der Waals surface area (Å²) in [5.41, 5.74) is 8.15. The molecule has 0 aromatic heterocycles. The fraction of sp³-hybridized carbons (Fsp3) is 0.111. The van der Waals surface area contributed by atoms with Gasteiger partial charge in [0.2, 0.25) is 0 Å². The van der Waals surface area contributed by atoms with Crippen molar-refractivity contribution in [3.63, 3.8) is 0 Å². The van der Waals surface area contributed by atoms with E-state index in [1.54, 1.807) is 0 Å². The lowest BCUT2D eigenvalue weighted by Gasteiger charge is -2.16. The summed E-state index contributed by atoms with van der Waals surface area (Å²) in [4.78, 5) is 0. The molecule has 0 aliphatic heterocycles. The van der Waals surface area contributed by atoms with Gasteiger partial charge in [-0.15, -0.1) is 0 Å². The molecular weight excluding hydrogens is 324 g/mol. The minimum absolute atomic E-state index is 0.922. The molecule has 4 aromatic carbocycles. The van der Waals surface area contributed by atoms with E-state index in [-0.39, 0.29) is 0 Å². The normalized spacial score (nSPS) is 10.7. The van der Waals surface area contributed by atoms with Crippen molar-refractivity contribution >= 4 is 0 Å². The van der Waals surface area contributed by atoms with Gasteiger partial charge in [0.15, 0.2) is 0 Å². The standard InChI is InChI=1S/C27H23/c1-4-11-22(12-5-1)19-25-17-10-18-26(20-23-13-6-2-7-14-23)27(25)21-24-15-8-3-9-16-24/h1-17H,19-21H2. The second kappa shape index (κ2) is 8.51. The summed E-state index contributed by atoms with van der Waals surface area (Å²) in [6.07, 6.45) is 2.83. The quantitative estimate of drug-likeness (QED) is 0.386. The number of hydrogen-bond acceptors (Lipinski definition) is 0. The van der Waals surface area contributed by atoms with E-state index in [0.717, 1.165) is 19.3 Å². The maximum atomic E-state index is 3.53. The monoisotopic (exact) mass is 347 g/mol. The van der Waals surface area contributed by atoms with Crippen molar-refractivity contribution in [2.45, 2.75) is 19.3 Å². The molecule has 0 atom stereocenters. The van der Waals surface area contributed by atoms with Crippen molar-refractivity contribution in [1.29, 1.82) is 0 Å². The first-order valence-corrected chi connectivity index (χ1v) is 9.51. The Kier molecular flexibility index (Phi) is 5.45. The molecular formula is C27H23. The zero-order valence-electron chi connectivity index (χ0n) is 15.4. The van der Waals surface area contributed by atoms with Gasteiger partial charge in [0.05, 0.1) is 0 Å². The Morgan fingerprint density at radius 1 is 0.481 bits per heavy atom. The molecule has 0 aliphatic carbocycles. The van der Waals surface area contributed by atoms with Crippen LogP contribution in [0.3, 0.4) is 0 Å². The molecule has 0 amide bonds. The predicted molar refractivity (Wildman–Crippen MR) is 113 cm³/mol. The lowest BCUT2D eigenvalue weighted by atomic mass is 9.89. The van der Waals surface area contributed by atoms with Crippen molar-refractivity contribution in [3.8, 4) is 0 Å². The molecule has 0 aliphatic rings. The Morgan fingerprint density at radius 3 is 1.52 bits per heavy atom. The molecule has 0 heterocycles. The molecule has 0 heteroatoms. The third kappa shape index (κ3) is 4.54. The van der Waals surface area contributed by atoms with Gasteiger partial charge in [0.1, 0.15) is 0 Å².